The highest BCUT2D eigenvalue weighted by molar-refractivity contribution is 8.77. The van der Waals surface area contributed by atoms with Crippen molar-refractivity contribution in [2.45, 2.75) is 18.1 Å². The first-order valence-corrected chi connectivity index (χ1v) is 10.2. The van der Waals surface area contributed by atoms with Crippen LogP contribution in [-0.4, -0.2) is 57.6 Å². The van der Waals surface area contributed by atoms with Gasteiger partial charge in [0.05, 0.1) is 11.8 Å². The molecule has 1 heterocycles. The Morgan fingerprint density at radius 2 is 1.94 bits per heavy atom. The van der Waals surface area contributed by atoms with E-state index in [9.17, 15) is 4.79 Å². The van der Waals surface area contributed by atoms with Crippen LogP contribution >= 0.6 is 34.2 Å². The van der Waals surface area contributed by atoms with Gasteiger partial charge >= 0.3 is 14.8 Å². The molecule has 0 bridgehead atoms. The Hall–Kier alpha value is 0.617. The van der Waals surface area contributed by atoms with Gasteiger partial charge in [-0.2, -0.15) is 12.6 Å². The van der Waals surface area contributed by atoms with Crippen LogP contribution in [0.1, 0.15) is 12.8 Å². The zero-order chi connectivity index (χ0) is 14.0. The van der Waals surface area contributed by atoms with Crippen LogP contribution in [0.2, 0.25) is 0 Å². The topological polar surface area (TPSA) is 65.0 Å². The molecule has 0 saturated carbocycles. The minimum Gasteiger partial charge on any atom is -0.481 e. The van der Waals surface area contributed by atoms with E-state index < -0.39 is 14.8 Å². The van der Waals surface area contributed by atoms with E-state index in [0.717, 1.165) is 12.2 Å². The minimum absolute atomic E-state index is 0.331. The summed E-state index contributed by atoms with van der Waals surface area (Å²) < 4.78 is 15.0. The van der Waals surface area contributed by atoms with Crippen molar-refractivity contribution in [1.29, 1.82) is 0 Å². The summed E-state index contributed by atoms with van der Waals surface area (Å²) in [6, 6.07) is 0. The lowest BCUT2D eigenvalue weighted by Gasteiger charge is -2.21. The van der Waals surface area contributed by atoms with E-state index in [1.54, 1.807) is 42.9 Å². The lowest BCUT2D eigenvalue weighted by atomic mass is 10.2. The molecule has 108 valence electrons. The van der Waals surface area contributed by atoms with Crippen molar-refractivity contribution in [3.8, 4) is 0 Å². The Balaban J connectivity index is 0.000000321. The van der Waals surface area contributed by atoms with Crippen LogP contribution in [-0.2, 0) is 18.1 Å². The second kappa shape index (κ2) is 10.4. The molecule has 9 heteroatoms. The Morgan fingerprint density at radius 3 is 2.17 bits per heavy atom. The highest BCUT2D eigenvalue weighted by Crippen LogP contribution is 2.38. The Kier molecular flexibility index (Phi) is 10.8. The summed E-state index contributed by atoms with van der Waals surface area (Å²) in [7, 11) is 5.85. The van der Waals surface area contributed by atoms with E-state index in [4.69, 9.17) is 18.4 Å². The van der Waals surface area contributed by atoms with Crippen LogP contribution < -0.4 is 0 Å². The fourth-order valence-electron chi connectivity index (χ4n) is 1.15. The molecular formula is C9H20O5S3Si. The van der Waals surface area contributed by atoms with Crippen LogP contribution in [0, 0.1) is 0 Å². The Morgan fingerprint density at radius 1 is 1.39 bits per heavy atom. The van der Waals surface area contributed by atoms with E-state index in [1.165, 1.54) is 0 Å². The second-order valence-electron chi connectivity index (χ2n) is 3.38. The molecule has 1 aliphatic heterocycles. The average molecular weight is 333 g/mol. The number of thiol groups is 1. The maximum Gasteiger partial charge on any atom is 0.510 e. The van der Waals surface area contributed by atoms with Crippen molar-refractivity contribution >= 4 is 49.0 Å². The second-order valence-corrected chi connectivity index (χ2v) is 10.0. The lowest BCUT2D eigenvalue weighted by Crippen LogP contribution is -2.45. The molecule has 1 rings (SSSR count). The summed E-state index contributed by atoms with van der Waals surface area (Å²) in [5, 5.41) is 9.23. The summed E-state index contributed by atoms with van der Waals surface area (Å²) >= 11 is 4.03. The molecule has 1 aliphatic rings. The molecule has 18 heavy (non-hydrogen) atoms. The van der Waals surface area contributed by atoms with Crippen LogP contribution in [0.3, 0.4) is 0 Å². The van der Waals surface area contributed by atoms with Crippen molar-refractivity contribution in [2.75, 3.05) is 32.5 Å². The van der Waals surface area contributed by atoms with Crippen molar-refractivity contribution in [1.82, 2.24) is 0 Å². The third kappa shape index (κ3) is 7.27. The quantitative estimate of drug-likeness (QED) is 0.438. The molecule has 5 nitrogen and oxygen atoms in total. The molecule has 0 aromatic carbocycles. The molecule has 1 N–H and O–H groups in total. The number of aliphatic carboxylic acids is 1. The van der Waals surface area contributed by atoms with E-state index in [2.05, 4.69) is 12.6 Å². The zero-order valence-electron chi connectivity index (χ0n) is 10.7. The molecule has 0 aromatic rings. The van der Waals surface area contributed by atoms with Gasteiger partial charge in [-0.25, -0.2) is 0 Å². The maximum atomic E-state index is 10.1. The van der Waals surface area contributed by atoms with Gasteiger partial charge in [-0.05, 0) is 6.42 Å². The van der Waals surface area contributed by atoms with Crippen molar-refractivity contribution in [3.63, 3.8) is 0 Å². The molecular weight excluding hydrogens is 312 g/mol. The Bertz CT molecular complexity index is 217. The summed E-state index contributed by atoms with van der Waals surface area (Å²) in [6.07, 6.45) is 1.39. The molecule has 0 aliphatic carbocycles. The number of carboxylic acids is 1. The predicted molar refractivity (Wildman–Crippen MR) is 81.3 cm³/mol. The van der Waals surface area contributed by atoms with Crippen molar-refractivity contribution < 1.29 is 23.2 Å². The third-order valence-corrected chi connectivity index (χ3v) is 8.61. The van der Waals surface area contributed by atoms with Crippen LogP contribution in [0.25, 0.3) is 0 Å². The monoisotopic (exact) mass is 332 g/mol. The molecule has 1 unspecified atom stereocenters. The van der Waals surface area contributed by atoms with Gasteiger partial charge in [-0.15, -0.1) is 0 Å². The molecule has 1 fully saturated rings. The van der Waals surface area contributed by atoms with Crippen LogP contribution in [0.15, 0.2) is 0 Å². The van der Waals surface area contributed by atoms with Gasteiger partial charge in [0.25, 0.3) is 0 Å². The summed E-state index contributed by atoms with van der Waals surface area (Å²) in [5.41, 5.74) is 0. The summed E-state index contributed by atoms with van der Waals surface area (Å²) in [6.45, 7) is 0. The van der Waals surface area contributed by atoms with Gasteiger partial charge in [0.15, 0.2) is 0 Å². The van der Waals surface area contributed by atoms with Gasteiger partial charge < -0.3 is 18.4 Å². The van der Waals surface area contributed by atoms with Crippen molar-refractivity contribution in [2.24, 2.45) is 0 Å². The highest BCUT2D eigenvalue weighted by atomic mass is 33.1. The number of carbonyl (C=O) groups is 1. The Labute approximate surface area is 123 Å². The molecule has 0 amide bonds. The lowest BCUT2D eigenvalue weighted by molar-refractivity contribution is -0.136. The van der Waals surface area contributed by atoms with Gasteiger partial charge in [0.2, 0.25) is 0 Å². The minimum atomic E-state index is -2.33. The van der Waals surface area contributed by atoms with Crippen LogP contribution in [0.4, 0.5) is 0 Å². The zero-order valence-corrected chi connectivity index (χ0v) is 14.3. The van der Waals surface area contributed by atoms with E-state index >= 15 is 0 Å². The highest BCUT2D eigenvalue weighted by Gasteiger charge is 2.35. The van der Waals surface area contributed by atoms with Crippen LogP contribution in [0.5, 0.6) is 0 Å². The molecule has 0 spiro atoms. The van der Waals surface area contributed by atoms with E-state index in [0.29, 0.717) is 17.0 Å². The predicted octanol–water partition coefficient (Wildman–Crippen LogP) is 1.95. The SMILES string of the molecule is CO[Si](CS)(OC)OC.O=C(O)CC1CCSS1. The van der Waals surface area contributed by atoms with Gasteiger partial charge in [0.1, 0.15) is 0 Å². The number of rotatable bonds is 6. The summed E-state index contributed by atoms with van der Waals surface area (Å²) in [5.74, 6) is 0.442. The number of hydrogen-bond donors (Lipinski definition) is 2. The summed E-state index contributed by atoms with van der Waals surface area (Å²) in [4.78, 5) is 10.1. The first-order chi connectivity index (χ1) is 8.53. The third-order valence-electron chi connectivity index (χ3n) is 2.26. The first kappa shape index (κ1) is 18.6. The maximum absolute atomic E-state index is 10.1. The van der Waals surface area contributed by atoms with Gasteiger partial charge in [-0.3, -0.25) is 4.79 Å². The van der Waals surface area contributed by atoms with E-state index in [-0.39, 0.29) is 0 Å². The first-order valence-electron chi connectivity index (χ1n) is 5.30. The number of carboxylic acid groups (broad SMARTS) is 1. The van der Waals surface area contributed by atoms with Crippen molar-refractivity contribution in [3.05, 3.63) is 0 Å². The molecule has 0 aromatic heterocycles. The standard InChI is InChI=1S/C5H8O2S2.C4H12O3SSi/c6-5(7)3-4-1-2-8-9-4;1-5-9(4-8,6-2)7-3/h4H,1-3H2,(H,6,7);8H,4H2,1-3H3. The largest absolute Gasteiger partial charge is 0.510 e. The molecule has 0 radical (unpaired) electrons. The van der Waals surface area contributed by atoms with Gasteiger partial charge in [0, 0.05) is 32.3 Å². The average Bonchev–Trinajstić information content (AvgIpc) is 2.86. The normalized spacial score (nSPS) is 19.2. The van der Waals surface area contributed by atoms with Gasteiger partial charge in [-0.1, -0.05) is 21.6 Å². The van der Waals surface area contributed by atoms with E-state index in [1.807, 2.05) is 0 Å². The molecule has 1 atom stereocenters. The fourth-order valence-corrected chi connectivity index (χ4v) is 6.09. The number of hydrogen-bond acceptors (Lipinski definition) is 7. The molecule has 1 saturated heterocycles. The fraction of sp³-hybridized carbons (Fsp3) is 0.889. The smallest absolute Gasteiger partial charge is 0.481 e.